The second kappa shape index (κ2) is 5.97. The van der Waals surface area contributed by atoms with Crippen molar-refractivity contribution < 1.29 is 15.2 Å². The van der Waals surface area contributed by atoms with Gasteiger partial charge in [0.2, 0.25) is 0 Å². The summed E-state index contributed by atoms with van der Waals surface area (Å²) in [5.74, 6) is 1.69. The Labute approximate surface area is 119 Å². The van der Waals surface area contributed by atoms with Gasteiger partial charge in [0.15, 0.2) is 11.5 Å². The van der Waals surface area contributed by atoms with Gasteiger partial charge in [0.1, 0.15) is 19.3 Å². The van der Waals surface area contributed by atoms with E-state index >= 15 is 0 Å². The van der Waals surface area contributed by atoms with E-state index in [0.29, 0.717) is 13.2 Å². The quantitative estimate of drug-likeness (QED) is 0.927. The fourth-order valence-corrected chi connectivity index (χ4v) is 2.47. The summed E-state index contributed by atoms with van der Waals surface area (Å²) in [4.78, 5) is 0. The first kappa shape index (κ1) is 13.0. The van der Waals surface area contributed by atoms with E-state index in [1.165, 1.54) is 11.1 Å². The summed E-state index contributed by atoms with van der Waals surface area (Å²) in [6, 6.07) is 17.0. The Morgan fingerprint density at radius 1 is 0.950 bits per heavy atom. The smallest absolute Gasteiger partial charge is 0.161 e. The van der Waals surface area contributed by atoms with Gasteiger partial charge in [-0.3, -0.25) is 0 Å². The molecule has 0 aliphatic carbocycles. The molecule has 0 spiro atoms. The fraction of sp³-hybridized carbons (Fsp3) is 0.294. The van der Waals surface area contributed by atoms with E-state index in [4.69, 9.17) is 9.47 Å². The molecule has 0 radical (unpaired) electrons. The lowest BCUT2D eigenvalue weighted by molar-refractivity contribution is -0.427. The molecule has 0 unspecified atom stereocenters. The van der Waals surface area contributed by atoms with E-state index in [-0.39, 0.29) is 6.04 Å². The number of ether oxygens (including phenoxy) is 2. The third kappa shape index (κ3) is 2.94. The molecular weight excluding hydrogens is 250 g/mol. The van der Waals surface area contributed by atoms with Crippen molar-refractivity contribution in [2.45, 2.75) is 18.9 Å². The number of rotatable bonds is 4. The number of aryl methyl sites for hydroxylation is 1. The molecule has 1 aliphatic rings. The average molecular weight is 270 g/mol. The van der Waals surface area contributed by atoms with Crippen molar-refractivity contribution in [2.75, 3.05) is 13.2 Å². The maximum absolute atomic E-state index is 5.62. The number of benzene rings is 2. The average Bonchev–Trinajstić information content (AvgIpc) is 2.53. The predicted octanol–water partition coefficient (Wildman–Crippen LogP) is 2.37. The van der Waals surface area contributed by atoms with E-state index in [0.717, 1.165) is 24.3 Å². The summed E-state index contributed by atoms with van der Waals surface area (Å²) in [5, 5.41) is 0. The monoisotopic (exact) mass is 270 g/mol. The van der Waals surface area contributed by atoms with Crippen LogP contribution in [0.4, 0.5) is 0 Å². The zero-order valence-corrected chi connectivity index (χ0v) is 11.5. The molecule has 0 saturated heterocycles. The van der Waals surface area contributed by atoms with Gasteiger partial charge in [-0.2, -0.15) is 0 Å². The van der Waals surface area contributed by atoms with E-state index in [1.54, 1.807) is 0 Å². The van der Waals surface area contributed by atoms with E-state index < -0.39 is 0 Å². The van der Waals surface area contributed by atoms with Crippen molar-refractivity contribution in [3.8, 4) is 11.5 Å². The van der Waals surface area contributed by atoms with E-state index in [9.17, 15) is 0 Å². The molecule has 0 bridgehead atoms. The largest absolute Gasteiger partial charge is 0.486 e. The molecule has 1 aliphatic heterocycles. The number of fused-ring (bicyclic) bond motifs is 1. The number of hydrogen-bond donors (Lipinski definition) is 1. The minimum absolute atomic E-state index is 0.269. The third-order valence-electron chi connectivity index (χ3n) is 3.66. The van der Waals surface area contributed by atoms with Crippen LogP contribution < -0.4 is 15.2 Å². The van der Waals surface area contributed by atoms with Crippen molar-refractivity contribution in [1.82, 2.24) is 0 Å². The second-order valence-electron chi connectivity index (χ2n) is 5.12. The van der Waals surface area contributed by atoms with Gasteiger partial charge in [0, 0.05) is 12.0 Å². The molecule has 104 valence electrons. The molecule has 0 saturated carbocycles. The summed E-state index contributed by atoms with van der Waals surface area (Å²) in [6.45, 7) is 1.26. The first-order valence-corrected chi connectivity index (χ1v) is 7.09. The zero-order valence-electron chi connectivity index (χ0n) is 11.5. The van der Waals surface area contributed by atoms with Gasteiger partial charge in [0.05, 0.1) is 0 Å². The Balaban J connectivity index is 1.66. The van der Waals surface area contributed by atoms with Crippen molar-refractivity contribution in [3.05, 3.63) is 59.7 Å². The maximum Gasteiger partial charge on any atom is 0.161 e. The van der Waals surface area contributed by atoms with Crippen LogP contribution in [0.2, 0.25) is 0 Å². The molecule has 3 N–H and O–H groups in total. The normalized spacial score (nSPS) is 14.8. The molecule has 2 aromatic carbocycles. The van der Waals surface area contributed by atoms with Crippen LogP contribution in [0.5, 0.6) is 11.5 Å². The van der Waals surface area contributed by atoms with Gasteiger partial charge in [-0.15, -0.1) is 0 Å². The maximum atomic E-state index is 5.62. The van der Waals surface area contributed by atoms with E-state index in [2.05, 4.69) is 42.1 Å². The lowest BCUT2D eigenvalue weighted by atomic mass is 9.99. The molecule has 3 rings (SSSR count). The van der Waals surface area contributed by atoms with Crippen LogP contribution in [0.15, 0.2) is 48.5 Å². The van der Waals surface area contributed by atoms with Gasteiger partial charge in [-0.25, -0.2) is 0 Å². The second-order valence-corrected chi connectivity index (χ2v) is 5.12. The highest BCUT2D eigenvalue weighted by atomic mass is 16.6. The summed E-state index contributed by atoms with van der Waals surface area (Å²) >= 11 is 0. The lowest BCUT2D eigenvalue weighted by Crippen LogP contribution is -2.53. The van der Waals surface area contributed by atoms with Gasteiger partial charge >= 0.3 is 0 Å². The first-order valence-electron chi connectivity index (χ1n) is 7.09. The van der Waals surface area contributed by atoms with Gasteiger partial charge in [-0.1, -0.05) is 30.3 Å². The molecule has 0 amide bonds. The molecule has 1 heterocycles. The molecule has 0 fully saturated rings. The highest BCUT2D eigenvalue weighted by Gasteiger charge is 2.16. The SMILES string of the molecule is [NH3+][C@H](CCc1ccccc1)c1ccc2c(c1)OCCO2. The lowest BCUT2D eigenvalue weighted by Gasteiger charge is -2.19. The summed E-state index contributed by atoms with van der Waals surface area (Å²) in [7, 11) is 0. The van der Waals surface area contributed by atoms with Crippen LogP contribution in [0.25, 0.3) is 0 Å². The predicted molar refractivity (Wildman–Crippen MR) is 77.8 cm³/mol. The molecule has 20 heavy (non-hydrogen) atoms. The standard InChI is InChI=1S/C17H19NO2/c18-15(8-6-13-4-2-1-3-5-13)14-7-9-16-17(12-14)20-11-10-19-16/h1-5,7,9,12,15H,6,8,10-11,18H2/p+1/t15-/m1/s1. The first-order chi connectivity index (χ1) is 9.83. The van der Waals surface area contributed by atoms with Crippen LogP contribution in [-0.2, 0) is 6.42 Å². The Morgan fingerprint density at radius 2 is 1.70 bits per heavy atom. The molecule has 0 aromatic heterocycles. The minimum atomic E-state index is 0.269. The van der Waals surface area contributed by atoms with Crippen molar-refractivity contribution in [2.24, 2.45) is 0 Å². The molecule has 3 nitrogen and oxygen atoms in total. The highest BCUT2D eigenvalue weighted by molar-refractivity contribution is 5.44. The Hall–Kier alpha value is -2.00. The number of quaternary nitrogens is 1. The van der Waals surface area contributed by atoms with Crippen LogP contribution in [0.3, 0.4) is 0 Å². The minimum Gasteiger partial charge on any atom is -0.486 e. The molecular formula is C17H20NO2+. The number of hydrogen-bond acceptors (Lipinski definition) is 2. The Morgan fingerprint density at radius 3 is 2.50 bits per heavy atom. The van der Waals surface area contributed by atoms with Crippen LogP contribution in [0.1, 0.15) is 23.6 Å². The highest BCUT2D eigenvalue weighted by Crippen LogP contribution is 2.32. The van der Waals surface area contributed by atoms with Gasteiger partial charge in [-0.05, 0) is 30.2 Å². The summed E-state index contributed by atoms with van der Waals surface area (Å²) in [5.41, 5.74) is 6.85. The fourth-order valence-electron chi connectivity index (χ4n) is 2.47. The van der Waals surface area contributed by atoms with E-state index in [1.807, 2.05) is 12.1 Å². The van der Waals surface area contributed by atoms with Crippen LogP contribution in [-0.4, -0.2) is 13.2 Å². The molecule has 2 aromatic rings. The Kier molecular flexibility index (Phi) is 3.88. The van der Waals surface area contributed by atoms with Crippen LogP contribution in [0, 0.1) is 0 Å². The van der Waals surface area contributed by atoms with Crippen molar-refractivity contribution >= 4 is 0 Å². The van der Waals surface area contributed by atoms with Gasteiger partial charge in [0.25, 0.3) is 0 Å². The third-order valence-corrected chi connectivity index (χ3v) is 3.66. The van der Waals surface area contributed by atoms with Crippen molar-refractivity contribution in [3.63, 3.8) is 0 Å². The van der Waals surface area contributed by atoms with Crippen molar-refractivity contribution in [1.29, 1.82) is 0 Å². The summed E-state index contributed by atoms with van der Waals surface area (Å²) in [6.07, 6.45) is 2.08. The van der Waals surface area contributed by atoms with Gasteiger partial charge < -0.3 is 15.2 Å². The topological polar surface area (TPSA) is 46.1 Å². The molecule has 1 atom stereocenters. The molecule has 3 heteroatoms. The zero-order chi connectivity index (χ0) is 13.8. The Bertz CT molecular complexity index is 568. The summed E-state index contributed by atoms with van der Waals surface area (Å²) < 4.78 is 11.2. The van der Waals surface area contributed by atoms with Crippen LogP contribution >= 0.6 is 0 Å².